The maximum absolute atomic E-state index is 12.7. The first-order chi connectivity index (χ1) is 14.8. The Hall–Kier alpha value is -2.91. The maximum Gasteiger partial charge on any atom is 0.329 e. The molecule has 10 heteroatoms. The molecule has 9 nitrogen and oxygen atoms in total. The zero-order chi connectivity index (χ0) is 22.1. The number of aromatic nitrogens is 4. The van der Waals surface area contributed by atoms with Crippen molar-refractivity contribution < 1.29 is 4.79 Å². The molecule has 1 aromatic carbocycles. The van der Waals surface area contributed by atoms with Crippen LogP contribution in [-0.4, -0.2) is 61.4 Å². The zero-order valence-electron chi connectivity index (χ0n) is 17.5. The number of nitrogens with one attached hydrogen (secondary N) is 2. The molecule has 1 aliphatic heterocycles. The molecule has 0 saturated carbocycles. The van der Waals surface area contributed by atoms with E-state index in [1.54, 1.807) is 7.05 Å². The third-order valence-electron chi connectivity index (χ3n) is 5.95. The SMILES string of the molecule is CC(c1ccccc1Cl)N1CCN(C(=O)CCc2nc3c([nH]2)c(=O)[nH]c(=O)n3C)CC1. The molecule has 0 radical (unpaired) electrons. The molecule has 1 atom stereocenters. The molecule has 0 aliphatic carbocycles. The molecular weight excluding hydrogens is 420 g/mol. The largest absolute Gasteiger partial charge is 0.340 e. The fourth-order valence-electron chi connectivity index (χ4n) is 4.02. The van der Waals surface area contributed by atoms with Crippen LogP contribution in [0.2, 0.25) is 5.02 Å². The first-order valence-corrected chi connectivity index (χ1v) is 10.7. The Balaban J connectivity index is 1.35. The summed E-state index contributed by atoms with van der Waals surface area (Å²) in [6.07, 6.45) is 0.656. The molecule has 4 rings (SSSR count). The lowest BCUT2D eigenvalue weighted by atomic mass is 10.1. The number of H-pyrrole nitrogens is 2. The van der Waals surface area contributed by atoms with Crippen molar-refractivity contribution in [2.75, 3.05) is 26.2 Å². The average molecular weight is 445 g/mol. The number of imidazole rings is 1. The van der Waals surface area contributed by atoms with Gasteiger partial charge in [0.05, 0.1) is 0 Å². The number of piperazine rings is 1. The number of hydrogen-bond acceptors (Lipinski definition) is 5. The third kappa shape index (κ3) is 4.28. The van der Waals surface area contributed by atoms with Crippen LogP contribution in [0.4, 0.5) is 0 Å². The zero-order valence-corrected chi connectivity index (χ0v) is 18.3. The van der Waals surface area contributed by atoms with Gasteiger partial charge in [0.15, 0.2) is 5.65 Å². The van der Waals surface area contributed by atoms with E-state index in [-0.39, 0.29) is 23.9 Å². The molecule has 2 N–H and O–H groups in total. The molecule has 1 amide bonds. The van der Waals surface area contributed by atoms with Gasteiger partial charge in [0.1, 0.15) is 11.3 Å². The highest BCUT2D eigenvalue weighted by atomic mass is 35.5. The number of carbonyl (C=O) groups is 1. The lowest BCUT2D eigenvalue weighted by molar-refractivity contribution is -0.133. The van der Waals surface area contributed by atoms with Crippen molar-refractivity contribution in [3.63, 3.8) is 0 Å². The van der Waals surface area contributed by atoms with E-state index in [9.17, 15) is 14.4 Å². The lowest BCUT2D eigenvalue weighted by Crippen LogP contribution is -2.49. The van der Waals surface area contributed by atoms with Gasteiger partial charge in [-0.05, 0) is 18.6 Å². The Morgan fingerprint density at radius 2 is 1.87 bits per heavy atom. The van der Waals surface area contributed by atoms with Gasteiger partial charge >= 0.3 is 5.69 Å². The van der Waals surface area contributed by atoms with E-state index < -0.39 is 11.2 Å². The second kappa shape index (κ2) is 8.68. The molecule has 1 saturated heterocycles. The van der Waals surface area contributed by atoms with Crippen LogP contribution >= 0.6 is 11.6 Å². The summed E-state index contributed by atoms with van der Waals surface area (Å²) >= 11 is 6.33. The van der Waals surface area contributed by atoms with Crippen LogP contribution in [0.1, 0.15) is 30.8 Å². The number of rotatable bonds is 5. The molecule has 0 spiro atoms. The van der Waals surface area contributed by atoms with E-state index in [0.717, 1.165) is 23.7 Å². The van der Waals surface area contributed by atoms with E-state index in [2.05, 4.69) is 26.8 Å². The van der Waals surface area contributed by atoms with Crippen molar-refractivity contribution in [3.05, 3.63) is 61.5 Å². The number of halogens is 1. The van der Waals surface area contributed by atoms with Crippen LogP contribution in [0.15, 0.2) is 33.9 Å². The van der Waals surface area contributed by atoms with Crippen LogP contribution < -0.4 is 11.2 Å². The van der Waals surface area contributed by atoms with Gasteiger partial charge < -0.3 is 9.88 Å². The number of hydrogen-bond donors (Lipinski definition) is 2. The Bertz CT molecular complexity index is 1220. The molecule has 31 heavy (non-hydrogen) atoms. The molecule has 164 valence electrons. The highest BCUT2D eigenvalue weighted by molar-refractivity contribution is 6.31. The van der Waals surface area contributed by atoms with Gasteiger partial charge in [0, 0.05) is 57.1 Å². The Morgan fingerprint density at radius 3 is 2.58 bits per heavy atom. The van der Waals surface area contributed by atoms with Gasteiger partial charge in [0.25, 0.3) is 5.56 Å². The van der Waals surface area contributed by atoms with Crippen molar-refractivity contribution in [2.45, 2.75) is 25.8 Å². The predicted octanol–water partition coefficient (Wildman–Crippen LogP) is 1.44. The number of aryl methyl sites for hydroxylation is 2. The van der Waals surface area contributed by atoms with Gasteiger partial charge in [-0.15, -0.1) is 0 Å². The van der Waals surface area contributed by atoms with Crippen LogP contribution in [0, 0.1) is 0 Å². The Labute approximate surface area is 183 Å². The van der Waals surface area contributed by atoms with Gasteiger partial charge in [-0.1, -0.05) is 29.8 Å². The molecule has 3 heterocycles. The van der Waals surface area contributed by atoms with Gasteiger partial charge in [-0.2, -0.15) is 0 Å². The highest BCUT2D eigenvalue weighted by Crippen LogP contribution is 2.27. The normalized spacial score (nSPS) is 16.0. The monoisotopic (exact) mass is 444 g/mol. The summed E-state index contributed by atoms with van der Waals surface area (Å²) in [4.78, 5) is 50.0. The minimum atomic E-state index is -0.518. The topological polar surface area (TPSA) is 107 Å². The van der Waals surface area contributed by atoms with E-state index in [1.165, 1.54) is 4.57 Å². The smallest absolute Gasteiger partial charge is 0.329 e. The lowest BCUT2D eigenvalue weighted by Gasteiger charge is -2.38. The second-order valence-corrected chi connectivity index (χ2v) is 8.22. The maximum atomic E-state index is 12.7. The quantitative estimate of drug-likeness (QED) is 0.619. The van der Waals surface area contributed by atoms with Crippen molar-refractivity contribution in [1.29, 1.82) is 0 Å². The van der Waals surface area contributed by atoms with Crippen LogP contribution in [0.25, 0.3) is 11.2 Å². The minimum absolute atomic E-state index is 0.0494. The molecule has 2 aromatic heterocycles. The summed E-state index contributed by atoms with van der Waals surface area (Å²) in [7, 11) is 1.54. The number of nitrogens with zero attached hydrogens (tertiary/aromatic N) is 4. The summed E-state index contributed by atoms with van der Waals surface area (Å²) in [5.41, 5.74) is 0.603. The second-order valence-electron chi connectivity index (χ2n) is 7.81. The average Bonchev–Trinajstić information content (AvgIpc) is 3.21. The van der Waals surface area contributed by atoms with Crippen molar-refractivity contribution in [1.82, 2.24) is 29.3 Å². The number of carbonyl (C=O) groups excluding carboxylic acids is 1. The Kier molecular flexibility index (Phi) is 5.97. The molecule has 3 aromatic rings. The van der Waals surface area contributed by atoms with E-state index in [1.807, 2.05) is 29.2 Å². The number of amides is 1. The summed E-state index contributed by atoms with van der Waals surface area (Å²) < 4.78 is 1.28. The fourth-order valence-corrected chi connectivity index (χ4v) is 4.32. The van der Waals surface area contributed by atoms with Crippen LogP contribution in [0.5, 0.6) is 0 Å². The van der Waals surface area contributed by atoms with E-state index in [0.29, 0.717) is 31.0 Å². The Morgan fingerprint density at radius 1 is 1.16 bits per heavy atom. The fraction of sp³-hybridized carbons (Fsp3) is 0.429. The predicted molar refractivity (Wildman–Crippen MR) is 118 cm³/mol. The van der Waals surface area contributed by atoms with Crippen LogP contribution in [0.3, 0.4) is 0 Å². The summed E-state index contributed by atoms with van der Waals surface area (Å²) in [5, 5.41) is 0.760. The van der Waals surface area contributed by atoms with Crippen molar-refractivity contribution >= 4 is 28.7 Å². The third-order valence-corrected chi connectivity index (χ3v) is 6.29. The molecule has 1 aliphatic rings. The molecule has 1 unspecified atom stereocenters. The number of aromatic amines is 2. The van der Waals surface area contributed by atoms with Gasteiger partial charge in [0.2, 0.25) is 5.91 Å². The minimum Gasteiger partial charge on any atom is -0.340 e. The molecule has 0 bridgehead atoms. The van der Waals surface area contributed by atoms with E-state index >= 15 is 0 Å². The molecule has 1 fully saturated rings. The van der Waals surface area contributed by atoms with Gasteiger partial charge in [-0.25, -0.2) is 9.78 Å². The van der Waals surface area contributed by atoms with Crippen LogP contribution in [-0.2, 0) is 18.3 Å². The summed E-state index contributed by atoms with van der Waals surface area (Å²) in [6, 6.07) is 8.04. The summed E-state index contributed by atoms with van der Waals surface area (Å²) in [6.45, 7) is 5.00. The number of fused-ring (bicyclic) bond motifs is 1. The van der Waals surface area contributed by atoms with Crippen molar-refractivity contribution in [2.24, 2.45) is 7.05 Å². The number of benzene rings is 1. The van der Waals surface area contributed by atoms with E-state index in [4.69, 9.17) is 11.6 Å². The van der Waals surface area contributed by atoms with Crippen molar-refractivity contribution in [3.8, 4) is 0 Å². The molecular formula is C21H25ClN6O3. The van der Waals surface area contributed by atoms with Gasteiger partial charge in [-0.3, -0.25) is 24.0 Å². The highest BCUT2D eigenvalue weighted by Gasteiger charge is 2.25. The summed E-state index contributed by atoms with van der Waals surface area (Å²) in [5.74, 6) is 0.564. The standard InChI is InChI=1S/C21H25ClN6O3/c1-13(14-5-3-4-6-15(14)22)27-9-11-28(12-10-27)17(29)8-7-16-23-18-19(24-16)26(2)21(31)25-20(18)30/h3-6,13H,7-12H2,1-2H3,(H,23,24)(H,25,30,31). The first kappa shape index (κ1) is 21.3. The first-order valence-electron chi connectivity index (χ1n) is 10.3.